The van der Waals surface area contributed by atoms with Crippen LogP contribution in [-0.4, -0.2) is 56.5 Å². The lowest BCUT2D eigenvalue weighted by molar-refractivity contribution is 0.273. The van der Waals surface area contributed by atoms with E-state index in [1.165, 1.54) is 19.3 Å². The van der Waals surface area contributed by atoms with Crippen molar-refractivity contribution in [3.05, 3.63) is 0 Å². The Morgan fingerprint density at radius 3 is 2.45 bits per heavy atom. The van der Waals surface area contributed by atoms with E-state index in [0.717, 1.165) is 38.2 Å². The van der Waals surface area contributed by atoms with Gasteiger partial charge in [-0.2, -0.15) is 0 Å². The van der Waals surface area contributed by atoms with Gasteiger partial charge in [-0.3, -0.25) is 4.99 Å². The highest BCUT2D eigenvalue weighted by Crippen LogP contribution is 2.44. The molecule has 0 amide bonds. The number of hydrogen-bond donors (Lipinski definition) is 1. The van der Waals surface area contributed by atoms with Crippen LogP contribution in [0.15, 0.2) is 4.99 Å². The van der Waals surface area contributed by atoms with Gasteiger partial charge >= 0.3 is 0 Å². The number of aliphatic imine (C=N–C) groups is 1. The minimum atomic E-state index is -2.98. The molecule has 0 unspecified atom stereocenters. The van der Waals surface area contributed by atoms with E-state index in [1.807, 2.05) is 0 Å². The summed E-state index contributed by atoms with van der Waals surface area (Å²) in [5.41, 5.74) is 0.417. The van der Waals surface area contributed by atoms with E-state index >= 15 is 0 Å². The molecule has 0 aromatic rings. The van der Waals surface area contributed by atoms with Gasteiger partial charge in [0.25, 0.3) is 0 Å². The van der Waals surface area contributed by atoms with Gasteiger partial charge < -0.3 is 10.2 Å². The molecule has 0 radical (unpaired) electrons. The molecule has 2 aliphatic carbocycles. The van der Waals surface area contributed by atoms with E-state index in [9.17, 15) is 8.42 Å². The van der Waals surface area contributed by atoms with Gasteiger partial charge in [0.1, 0.15) is 0 Å². The largest absolute Gasteiger partial charge is 0.356 e. The van der Waals surface area contributed by atoms with Crippen LogP contribution in [0.2, 0.25) is 0 Å². The Morgan fingerprint density at radius 2 is 1.86 bits per heavy atom. The van der Waals surface area contributed by atoms with Gasteiger partial charge in [-0.1, -0.05) is 26.2 Å². The van der Waals surface area contributed by atoms with Crippen LogP contribution in [0, 0.1) is 5.41 Å². The zero-order chi connectivity index (χ0) is 15.8. The molecule has 0 bridgehead atoms. The standard InChI is InChI=1S/C16H29N3O2S/c1-15(8-9-15)12-18-14(17-2)19-10-11-22(20,21)16(13-19)6-4-3-5-7-16/h3-13H2,1-2H3,(H,17,18). The lowest BCUT2D eigenvalue weighted by Crippen LogP contribution is -2.60. The average Bonchev–Trinajstić information content (AvgIpc) is 3.23. The summed E-state index contributed by atoms with van der Waals surface area (Å²) in [6.07, 6.45) is 7.43. The number of nitrogens with one attached hydrogen (secondary N) is 1. The lowest BCUT2D eigenvalue weighted by atomic mass is 9.87. The fourth-order valence-electron chi connectivity index (χ4n) is 3.83. The quantitative estimate of drug-likeness (QED) is 0.620. The van der Waals surface area contributed by atoms with E-state index in [0.29, 0.717) is 18.5 Å². The number of rotatable bonds is 2. The van der Waals surface area contributed by atoms with Crippen molar-refractivity contribution in [2.24, 2.45) is 10.4 Å². The van der Waals surface area contributed by atoms with E-state index in [4.69, 9.17) is 0 Å². The van der Waals surface area contributed by atoms with E-state index in [1.54, 1.807) is 7.05 Å². The number of guanidine groups is 1. The van der Waals surface area contributed by atoms with Gasteiger partial charge in [-0.25, -0.2) is 8.42 Å². The first-order chi connectivity index (χ1) is 10.4. The van der Waals surface area contributed by atoms with E-state index in [-0.39, 0.29) is 5.75 Å². The Bertz CT molecular complexity index is 546. The van der Waals surface area contributed by atoms with E-state index < -0.39 is 14.6 Å². The fraction of sp³-hybridized carbons (Fsp3) is 0.938. The Hall–Kier alpha value is -0.780. The Labute approximate surface area is 134 Å². The number of nitrogens with zero attached hydrogens (tertiary/aromatic N) is 2. The Balaban J connectivity index is 1.71. The minimum absolute atomic E-state index is 0.269. The molecule has 5 nitrogen and oxygen atoms in total. The van der Waals surface area contributed by atoms with Crippen LogP contribution in [0.5, 0.6) is 0 Å². The van der Waals surface area contributed by atoms with Gasteiger partial charge in [0.05, 0.1) is 10.5 Å². The normalized spacial score (nSPS) is 29.4. The lowest BCUT2D eigenvalue weighted by Gasteiger charge is -2.45. The van der Waals surface area contributed by atoms with Crippen molar-refractivity contribution in [2.45, 2.75) is 56.6 Å². The topological polar surface area (TPSA) is 61.8 Å². The van der Waals surface area contributed by atoms with Gasteiger partial charge in [0, 0.05) is 26.7 Å². The molecule has 1 N–H and O–H groups in total. The van der Waals surface area contributed by atoms with Crippen molar-refractivity contribution >= 4 is 15.8 Å². The maximum atomic E-state index is 12.7. The van der Waals surface area contributed by atoms with Crippen molar-refractivity contribution in [3.63, 3.8) is 0 Å². The monoisotopic (exact) mass is 327 g/mol. The first-order valence-corrected chi connectivity index (χ1v) is 10.2. The summed E-state index contributed by atoms with van der Waals surface area (Å²) in [4.78, 5) is 6.58. The van der Waals surface area contributed by atoms with Gasteiger partial charge in [-0.05, 0) is 31.1 Å². The Morgan fingerprint density at radius 1 is 1.18 bits per heavy atom. The predicted molar refractivity (Wildman–Crippen MR) is 89.9 cm³/mol. The third kappa shape index (κ3) is 2.99. The second-order valence-corrected chi connectivity index (χ2v) is 10.2. The fourth-order valence-corrected chi connectivity index (χ4v) is 5.99. The molecular weight excluding hydrogens is 298 g/mol. The second kappa shape index (κ2) is 5.69. The molecule has 1 aliphatic heterocycles. The maximum absolute atomic E-state index is 12.7. The average molecular weight is 327 g/mol. The highest BCUT2D eigenvalue weighted by Gasteiger charge is 2.49. The molecular formula is C16H29N3O2S. The molecule has 0 aromatic carbocycles. The van der Waals surface area contributed by atoms with E-state index in [2.05, 4.69) is 22.1 Å². The third-order valence-electron chi connectivity index (χ3n) is 5.82. The zero-order valence-electron chi connectivity index (χ0n) is 13.9. The number of hydrogen-bond acceptors (Lipinski definition) is 3. The summed E-state index contributed by atoms with van der Waals surface area (Å²) in [7, 11) is -1.18. The van der Waals surface area contributed by atoms with Crippen molar-refractivity contribution in [1.82, 2.24) is 10.2 Å². The number of sulfone groups is 1. The van der Waals surface area contributed by atoms with Gasteiger partial charge in [0.15, 0.2) is 15.8 Å². The summed E-state index contributed by atoms with van der Waals surface area (Å²) < 4.78 is 24.8. The molecule has 0 aromatic heterocycles. The van der Waals surface area contributed by atoms with Crippen molar-refractivity contribution < 1.29 is 8.42 Å². The molecule has 6 heteroatoms. The summed E-state index contributed by atoms with van der Waals surface area (Å²) in [5.74, 6) is 1.15. The van der Waals surface area contributed by atoms with Crippen LogP contribution < -0.4 is 5.32 Å². The third-order valence-corrected chi connectivity index (χ3v) is 8.40. The molecule has 3 aliphatic rings. The predicted octanol–water partition coefficient (Wildman–Crippen LogP) is 1.80. The smallest absolute Gasteiger partial charge is 0.193 e. The van der Waals surface area contributed by atoms with Crippen LogP contribution in [0.4, 0.5) is 0 Å². The SMILES string of the molecule is CN=C(NCC1(C)CC1)N1CCS(=O)(=O)C2(CCCCC2)C1. The molecule has 1 saturated heterocycles. The van der Waals surface area contributed by atoms with Crippen LogP contribution in [0.3, 0.4) is 0 Å². The first kappa shape index (κ1) is 16.1. The molecule has 22 heavy (non-hydrogen) atoms. The van der Waals surface area contributed by atoms with Gasteiger partial charge in [-0.15, -0.1) is 0 Å². The summed E-state index contributed by atoms with van der Waals surface area (Å²) in [6.45, 7) is 4.42. The molecule has 3 rings (SSSR count). The highest BCUT2D eigenvalue weighted by atomic mass is 32.2. The Kier molecular flexibility index (Phi) is 4.16. The summed E-state index contributed by atoms with van der Waals surface area (Å²) in [5, 5.41) is 3.47. The molecule has 1 heterocycles. The molecule has 3 fully saturated rings. The molecule has 126 valence electrons. The van der Waals surface area contributed by atoms with Crippen LogP contribution >= 0.6 is 0 Å². The second-order valence-electron chi connectivity index (χ2n) is 7.70. The molecule has 0 atom stereocenters. The summed E-state index contributed by atoms with van der Waals surface area (Å²) in [6, 6.07) is 0. The van der Waals surface area contributed by atoms with Crippen molar-refractivity contribution in [1.29, 1.82) is 0 Å². The van der Waals surface area contributed by atoms with Crippen LogP contribution in [0.25, 0.3) is 0 Å². The molecule has 2 saturated carbocycles. The van der Waals surface area contributed by atoms with Crippen LogP contribution in [0.1, 0.15) is 51.9 Å². The highest BCUT2D eigenvalue weighted by molar-refractivity contribution is 7.92. The van der Waals surface area contributed by atoms with Crippen LogP contribution in [-0.2, 0) is 9.84 Å². The zero-order valence-corrected chi connectivity index (χ0v) is 14.7. The van der Waals surface area contributed by atoms with Crippen molar-refractivity contribution in [2.75, 3.05) is 32.4 Å². The summed E-state index contributed by atoms with van der Waals surface area (Å²) >= 11 is 0. The minimum Gasteiger partial charge on any atom is -0.356 e. The van der Waals surface area contributed by atoms with Crippen molar-refractivity contribution in [3.8, 4) is 0 Å². The maximum Gasteiger partial charge on any atom is 0.193 e. The molecule has 1 spiro atoms. The van der Waals surface area contributed by atoms with Gasteiger partial charge in [0.2, 0.25) is 0 Å². The first-order valence-electron chi connectivity index (χ1n) is 8.58.